The summed E-state index contributed by atoms with van der Waals surface area (Å²) in [5.74, 6) is -1.49. The number of rotatable bonds is 4. The highest BCUT2D eigenvalue weighted by molar-refractivity contribution is 6.33. The molecule has 0 saturated carbocycles. The molecule has 8 heteroatoms. The summed E-state index contributed by atoms with van der Waals surface area (Å²) >= 11 is 10.2. The summed E-state index contributed by atoms with van der Waals surface area (Å²) in [5.41, 5.74) is 0.372. The quantitative estimate of drug-likeness (QED) is 0.483. The lowest BCUT2D eigenvalue weighted by molar-refractivity contribution is -0.157. The fraction of sp³-hybridized carbons (Fsp3) is 0.222. The van der Waals surface area contributed by atoms with E-state index in [4.69, 9.17) is 23.6 Å². The third-order valence-electron chi connectivity index (χ3n) is 1.87. The van der Waals surface area contributed by atoms with Crippen molar-refractivity contribution in [3.8, 4) is 0 Å². The Balaban J connectivity index is 2.73. The van der Waals surface area contributed by atoms with E-state index in [2.05, 4.69) is 0 Å². The maximum atomic E-state index is 12.6. The molecule has 0 heterocycles. The van der Waals surface area contributed by atoms with Gasteiger partial charge in [0.25, 0.3) is 0 Å². The Kier molecular flexibility index (Phi) is 5.04. The maximum absolute atomic E-state index is 12.6. The zero-order valence-corrected chi connectivity index (χ0v) is 9.80. The molecule has 1 aromatic rings. The molecule has 0 bridgehead atoms. The first-order valence-electron chi connectivity index (χ1n) is 4.38. The van der Waals surface area contributed by atoms with E-state index < -0.39 is 18.3 Å². The maximum Gasteiger partial charge on any atom is 0.332 e. The van der Waals surface area contributed by atoms with Gasteiger partial charge in [0.15, 0.2) is 0 Å². The van der Waals surface area contributed by atoms with Crippen LogP contribution < -0.4 is 0 Å². The smallest absolute Gasteiger partial charge is 0.273 e. The van der Waals surface area contributed by atoms with Crippen molar-refractivity contribution in [2.45, 2.75) is 13.0 Å². The van der Waals surface area contributed by atoms with Crippen molar-refractivity contribution in [3.63, 3.8) is 0 Å². The van der Waals surface area contributed by atoms with E-state index >= 15 is 0 Å². The number of nitrogens with zero attached hydrogens (tertiary/aromatic N) is 2. The van der Waals surface area contributed by atoms with Gasteiger partial charge in [-0.3, -0.25) is 4.79 Å². The minimum absolute atomic E-state index is 0.0312. The second-order valence-corrected chi connectivity index (χ2v) is 3.85. The van der Waals surface area contributed by atoms with Gasteiger partial charge in [-0.2, -0.15) is 13.8 Å². The first kappa shape index (κ1) is 14.1. The number of halogens is 5. The van der Waals surface area contributed by atoms with Crippen molar-refractivity contribution in [2.75, 3.05) is 0 Å². The standard InChI is InChI=1S/C9H7Cl2F3N2O/c10-16(11)15(9(13)14)8(17)5-6-1-3-7(12)4-2-6/h1-4,9H,5H2. The predicted octanol–water partition coefficient (Wildman–Crippen LogP) is 2.94. The first-order chi connectivity index (χ1) is 7.91. The highest BCUT2D eigenvalue weighted by atomic mass is 35.5. The molecule has 94 valence electrons. The summed E-state index contributed by atoms with van der Waals surface area (Å²) in [5, 5.41) is -0.119. The molecule has 0 N–H and O–H groups in total. The Bertz CT molecular complexity index is 378. The molecule has 1 aromatic carbocycles. The zero-order valence-electron chi connectivity index (χ0n) is 8.29. The number of alkyl halides is 2. The number of hydrogen-bond donors (Lipinski definition) is 0. The molecular weight excluding hydrogens is 280 g/mol. The SMILES string of the molecule is O=C(Cc1ccc(F)cc1)N(C(F)F)N(Cl)Cl. The predicted molar refractivity (Wildman–Crippen MR) is 56.5 cm³/mol. The van der Waals surface area contributed by atoms with Gasteiger partial charge in [0.1, 0.15) is 5.82 Å². The fourth-order valence-corrected chi connectivity index (χ4v) is 1.42. The van der Waals surface area contributed by atoms with Crippen LogP contribution in [-0.4, -0.2) is 21.5 Å². The third-order valence-corrected chi connectivity index (χ3v) is 2.20. The molecule has 0 aliphatic heterocycles. The van der Waals surface area contributed by atoms with Crippen LogP contribution in [0.25, 0.3) is 0 Å². The average Bonchev–Trinajstić information content (AvgIpc) is 2.20. The van der Waals surface area contributed by atoms with Crippen molar-refractivity contribution < 1.29 is 18.0 Å². The summed E-state index contributed by atoms with van der Waals surface area (Å²) in [6.45, 7) is -3.15. The van der Waals surface area contributed by atoms with Crippen LogP contribution in [0.1, 0.15) is 5.56 Å². The first-order valence-corrected chi connectivity index (χ1v) is 5.05. The van der Waals surface area contributed by atoms with Gasteiger partial charge in [0.2, 0.25) is 5.91 Å². The molecule has 1 amide bonds. The molecule has 0 radical (unpaired) electrons. The Morgan fingerprint density at radius 2 is 1.76 bits per heavy atom. The summed E-state index contributed by atoms with van der Waals surface area (Å²) < 4.78 is 37.3. The number of carbonyl (C=O) groups is 1. The molecular formula is C9H7Cl2F3N2O. The van der Waals surface area contributed by atoms with Crippen LogP contribution >= 0.6 is 23.6 Å². The van der Waals surface area contributed by atoms with Crippen molar-refractivity contribution >= 4 is 29.5 Å². The zero-order chi connectivity index (χ0) is 13.0. The van der Waals surface area contributed by atoms with E-state index in [-0.39, 0.29) is 15.5 Å². The van der Waals surface area contributed by atoms with E-state index in [1.807, 2.05) is 0 Å². The molecule has 0 fully saturated rings. The molecule has 0 aromatic heterocycles. The third kappa shape index (κ3) is 4.07. The number of carbonyl (C=O) groups excluding carboxylic acids is 1. The normalized spacial score (nSPS) is 11.0. The van der Waals surface area contributed by atoms with Gasteiger partial charge in [-0.15, -0.1) is 0 Å². The highest BCUT2D eigenvalue weighted by Crippen LogP contribution is 2.16. The molecule has 1 rings (SSSR count). The van der Waals surface area contributed by atoms with Gasteiger partial charge in [0.05, 0.1) is 6.42 Å². The summed E-state index contributed by atoms with van der Waals surface area (Å²) in [6.07, 6.45) is -0.361. The van der Waals surface area contributed by atoms with Gasteiger partial charge < -0.3 is 0 Å². The molecule has 0 atom stereocenters. The Morgan fingerprint density at radius 1 is 1.24 bits per heavy atom. The van der Waals surface area contributed by atoms with Gasteiger partial charge in [-0.05, 0) is 21.7 Å². The van der Waals surface area contributed by atoms with E-state index in [1.54, 1.807) is 0 Å². The minimum atomic E-state index is -3.15. The average molecular weight is 287 g/mol. The van der Waals surface area contributed by atoms with E-state index in [0.717, 1.165) is 12.1 Å². The molecule has 0 spiro atoms. The van der Waals surface area contributed by atoms with Gasteiger partial charge in [-0.25, -0.2) is 4.39 Å². The molecule has 0 unspecified atom stereocenters. The lowest BCUT2D eigenvalue weighted by Gasteiger charge is -2.22. The molecule has 0 aliphatic carbocycles. The minimum Gasteiger partial charge on any atom is -0.273 e. The summed E-state index contributed by atoms with van der Waals surface area (Å²) in [4.78, 5) is 11.4. The van der Waals surface area contributed by atoms with Gasteiger partial charge in [0, 0.05) is 23.6 Å². The van der Waals surface area contributed by atoms with E-state index in [1.165, 1.54) is 12.1 Å². The van der Waals surface area contributed by atoms with Crippen molar-refractivity contribution in [1.82, 2.24) is 9.06 Å². The molecule has 17 heavy (non-hydrogen) atoms. The van der Waals surface area contributed by atoms with E-state index in [9.17, 15) is 18.0 Å². The second-order valence-electron chi connectivity index (χ2n) is 3.03. The number of amides is 1. The van der Waals surface area contributed by atoms with Crippen LogP contribution in [-0.2, 0) is 11.2 Å². The van der Waals surface area contributed by atoms with Crippen LogP contribution in [0.15, 0.2) is 24.3 Å². The Labute approximate surface area is 106 Å². The van der Waals surface area contributed by atoms with Crippen LogP contribution in [0.3, 0.4) is 0 Å². The monoisotopic (exact) mass is 286 g/mol. The number of hydrogen-bond acceptors (Lipinski definition) is 2. The Morgan fingerprint density at radius 3 is 2.18 bits per heavy atom. The van der Waals surface area contributed by atoms with Crippen molar-refractivity contribution in [3.05, 3.63) is 35.6 Å². The topological polar surface area (TPSA) is 23.6 Å². The van der Waals surface area contributed by atoms with Crippen LogP contribution in [0.2, 0.25) is 0 Å². The molecule has 3 nitrogen and oxygen atoms in total. The molecule has 0 aliphatic rings. The lowest BCUT2D eigenvalue weighted by Crippen LogP contribution is -2.41. The van der Waals surface area contributed by atoms with Crippen LogP contribution in [0.4, 0.5) is 13.2 Å². The second kappa shape index (κ2) is 6.09. The van der Waals surface area contributed by atoms with Gasteiger partial charge in [-0.1, -0.05) is 12.1 Å². The lowest BCUT2D eigenvalue weighted by atomic mass is 10.1. The van der Waals surface area contributed by atoms with Crippen molar-refractivity contribution in [2.24, 2.45) is 0 Å². The number of hydrazine groups is 1. The summed E-state index contributed by atoms with van der Waals surface area (Å²) in [7, 11) is 0. The van der Waals surface area contributed by atoms with Crippen LogP contribution in [0, 0.1) is 5.82 Å². The number of benzene rings is 1. The summed E-state index contributed by atoms with van der Waals surface area (Å²) in [6, 6.07) is 4.86. The Hall–Kier alpha value is -0.980. The largest absolute Gasteiger partial charge is 0.332 e. The fourth-order valence-electron chi connectivity index (χ4n) is 1.12. The highest BCUT2D eigenvalue weighted by Gasteiger charge is 2.27. The van der Waals surface area contributed by atoms with Crippen molar-refractivity contribution in [1.29, 1.82) is 0 Å². The van der Waals surface area contributed by atoms with Gasteiger partial charge >= 0.3 is 6.55 Å². The van der Waals surface area contributed by atoms with Crippen LogP contribution in [0.5, 0.6) is 0 Å². The van der Waals surface area contributed by atoms with E-state index in [0.29, 0.717) is 5.56 Å². The molecule has 0 saturated heterocycles.